The van der Waals surface area contributed by atoms with Crippen molar-refractivity contribution < 1.29 is 14.6 Å². The number of fused-ring (bicyclic) bond motifs is 4. The molecular weight excluding hydrogens is 338 g/mol. The number of benzene rings is 2. The molecule has 0 spiro atoms. The van der Waals surface area contributed by atoms with Gasteiger partial charge in [-0.3, -0.25) is 0 Å². The lowest BCUT2D eigenvalue weighted by molar-refractivity contribution is 0.101. The molecule has 3 aliphatic carbocycles. The van der Waals surface area contributed by atoms with Gasteiger partial charge in [-0.15, -0.1) is 0 Å². The minimum absolute atomic E-state index is 0.0996. The van der Waals surface area contributed by atoms with Crippen molar-refractivity contribution in [2.75, 3.05) is 13.2 Å². The Bertz CT molecular complexity index is 819. The van der Waals surface area contributed by atoms with Crippen LogP contribution in [-0.4, -0.2) is 30.5 Å². The molecule has 2 N–H and O–H groups in total. The Labute approximate surface area is 159 Å². The minimum Gasteiger partial charge on any atom is -0.449 e. The highest BCUT2D eigenvalue weighted by Crippen LogP contribution is 2.49. The maximum atomic E-state index is 12.4. The van der Waals surface area contributed by atoms with Crippen molar-refractivity contribution in [3.8, 4) is 11.1 Å². The molecule has 1 amide bonds. The number of alkyl carbamates (subject to hydrolysis) is 1. The van der Waals surface area contributed by atoms with E-state index in [2.05, 4.69) is 41.7 Å². The van der Waals surface area contributed by atoms with Crippen molar-refractivity contribution in [1.82, 2.24) is 5.32 Å². The summed E-state index contributed by atoms with van der Waals surface area (Å²) in [7, 11) is 0. The van der Waals surface area contributed by atoms with Crippen LogP contribution < -0.4 is 5.32 Å². The van der Waals surface area contributed by atoms with E-state index in [1.54, 1.807) is 0 Å². The molecule has 2 fully saturated rings. The largest absolute Gasteiger partial charge is 0.449 e. The van der Waals surface area contributed by atoms with E-state index < -0.39 is 0 Å². The lowest BCUT2D eigenvalue weighted by atomic mass is 9.71. The first-order valence-electron chi connectivity index (χ1n) is 9.97. The minimum atomic E-state index is -0.312. The number of amides is 1. The van der Waals surface area contributed by atoms with Crippen molar-refractivity contribution in [2.24, 2.45) is 17.8 Å². The van der Waals surface area contributed by atoms with E-state index in [1.165, 1.54) is 22.3 Å². The van der Waals surface area contributed by atoms with Gasteiger partial charge in [0, 0.05) is 18.6 Å². The van der Waals surface area contributed by atoms with Crippen molar-refractivity contribution in [3.63, 3.8) is 0 Å². The van der Waals surface area contributed by atoms with Gasteiger partial charge in [-0.05, 0) is 59.3 Å². The average molecular weight is 363 g/mol. The first kappa shape index (κ1) is 16.8. The van der Waals surface area contributed by atoms with Crippen LogP contribution in [0.4, 0.5) is 4.79 Å². The molecule has 0 radical (unpaired) electrons. The average Bonchev–Trinajstić information content (AvgIpc) is 3.19. The fourth-order valence-corrected chi connectivity index (χ4v) is 5.45. The van der Waals surface area contributed by atoms with E-state index in [0.717, 1.165) is 19.3 Å². The predicted octanol–water partition coefficient (Wildman–Crippen LogP) is 3.93. The summed E-state index contributed by atoms with van der Waals surface area (Å²) in [6.45, 7) is 0.630. The Balaban J connectivity index is 1.23. The van der Waals surface area contributed by atoms with E-state index in [1.807, 2.05) is 12.1 Å². The summed E-state index contributed by atoms with van der Waals surface area (Å²) in [5.74, 6) is 1.69. The number of carbonyl (C=O) groups is 1. The summed E-state index contributed by atoms with van der Waals surface area (Å²) in [5, 5.41) is 12.4. The lowest BCUT2D eigenvalue weighted by Crippen LogP contribution is -2.50. The van der Waals surface area contributed by atoms with Gasteiger partial charge in [0.15, 0.2) is 0 Å². The van der Waals surface area contributed by atoms with Crippen LogP contribution in [-0.2, 0) is 4.74 Å². The van der Waals surface area contributed by atoms with Gasteiger partial charge in [0.05, 0.1) is 0 Å². The van der Waals surface area contributed by atoms with E-state index in [4.69, 9.17) is 4.74 Å². The molecule has 0 bridgehead atoms. The number of hydrogen-bond donors (Lipinski definition) is 2. The number of aliphatic hydroxyl groups excluding tert-OH is 1. The molecule has 2 aromatic carbocycles. The van der Waals surface area contributed by atoms with E-state index in [-0.39, 0.29) is 24.7 Å². The van der Waals surface area contributed by atoms with E-state index >= 15 is 0 Å². The fraction of sp³-hybridized carbons (Fsp3) is 0.435. The predicted molar refractivity (Wildman–Crippen MR) is 103 cm³/mol. The zero-order valence-electron chi connectivity index (χ0n) is 15.3. The quantitative estimate of drug-likeness (QED) is 0.865. The van der Waals surface area contributed by atoms with Gasteiger partial charge in [0.1, 0.15) is 6.61 Å². The molecule has 4 nitrogen and oxygen atoms in total. The summed E-state index contributed by atoms with van der Waals surface area (Å²) in [4.78, 5) is 12.4. The summed E-state index contributed by atoms with van der Waals surface area (Å²) < 4.78 is 5.65. The second kappa shape index (κ2) is 6.68. The van der Waals surface area contributed by atoms with Gasteiger partial charge in [-0.1, -0.05) is 48.5 Å². The molecule has 2 aromatic rings. The molecular formula is C23H25NO3. The molecule has 0 saturated heterocycles. The van der Waals surface area contributed by atoms with Crippen LogP contribution in [0.15, 0.2) is 48.5 Å². The third kappa shape index (κ3) is 2.83. The fourth-order valence-electron chi connectivity index (χ4n) is 5.45. The van der Waals surface area contributed by atoms with Crippen molar-refractivity contribution in [1.29, 1.82) is 0 Å². The van der Waals surface area contributed by atoms with Gasteiger partial charge in [0.2, 0.25) is 0 Å². The lowest BCUT2D eigenvalue weighted by Gasteiger charge is -2.40. The standard InChI is InChI=1S/C23H25NO3/c25-12-14-9-15-11-22(20(15)10-14)24-23(26)27-13-21-18-7-3-1-5-16(18)17-6-2-4-8-19(17)21/h1-8,14-15,20-22,25H,9-13H2,(H,24,26)/t14?,15-,20-,22?/m1/s1. The molecule has 2 saturated carbocycles. The molecule has 140 valence electrons. The zero-order valence-corrected chi connectivity index (χ0v) is 15.3. The summed E-state index contributed by atoms with van der Waals surface area (Å²) in [5.41, 5.74) is 4.95. The molecule has 4 heteroatoms. The highest BCUT2D eigenvalue weighted by atomic mass is 16.5. The number of hydrogen-bond acceptors (Lipinski definition) is 3. The van der Waals surface area contributed by atoms with Crippen LogP contribution in [0.2, 0.25) is 0 Å². The van der Waals surface area contributed by atoms with Gasteiger partial charge < -0.3 is 15.2 Å². The number of nitrogens with one attached hydrogen (secondary N) is 1. The number of ether oxygens (including phenoxy) is 1. The Morgan fingerprint density at radius 2 is 1.67 bits per heavy atom. The van der Waals surface area contributed by atoms with Crippen LogP contribution in [0.3, 0.4) is 0 Å². The highest BCUT2D eigenvalue weighted by Gasteiger charge is 2.48. The van der Waals surface area contributed by atoms with Gasteiger partial charge in [-0.2, -0.15) is 0 Å². The SMILES string of the molecule is O=C(NC1C[C@H]2CC(CO)C[C@@H]12)OCC1c2ccccc2-c2ccccc21. The molecule has 0 aliphatic heterocycles. The van der Waals surface area contributed by atoms with Crippen LogP contribution in [0.5, 0.6) is 0 Å². The molecule has 3 aliphatic rings. The first-order chi connectivity index (χ1) is 13.2. The third-order valence-corrected chi connectivity index (χ3v) is 6.83. The molecule has 27 heavy (non-hydrogen) atoms. The Morgan fingerprint density at radius 1 is 1.00 bits per heavy atom. The van der Waals surface area contributed by atoms with Gasteiger partial charge in [0.25, 0.3) is 0 Å². The van der Waals surface area contributed by atoms with E-state index in [0.29, 0.717) is 24.4 Å². The maximum Gasteiger partial charge on any atom is 0.407 e. The van der Waals surface area contributed by atoms with Gasteiger partial charge in [-0.25, -0.2) is 4.79 Å². The van der Waals surface area contributed by atoms with Crippen molar-refractivity contribution in [3.05, 3.63) is 59.7 Å². The second-order valence-corrected chi connectivity index (χ2v) is 8.26. The molecule has 4 atom stereocenters. The third-order valence-electron chi connectivity index (χ3n) is 6.83. The summed E-state index contributed by atoms with van der Waals surface area (Å²) in [6.07, 6.45) is 2.83. The number of carbonyl (C=O) groups excluding carboxylic acids is 1. The second-order valence-electron chi connectivity index (χ2n) is 8.26. The number of rotatable bonds is 4. The first-order valence-corrected chi connectivity index (χ1v) is 9.97. The van der Waals surface area contributed by atoms with Crippen LogP contribution in [0.25, 0.3) is 11.1 Å². The Morgan fingerprint density at radius 3 is 2.33 bits per heavy atom. The van der Waals surface area contributed by atoms with Crippen LogP contribution >= 0.6 is 0 Å². The van der Waals surface area contributed by atoms with Crippen LogP contribution in [0.1, 0.15) is 36.3 Å². The molecule has 2 unspecified atom stereocenters. The van der Waals surface area contributed by atoms with Gasteiger partial charge >= 0.3 is 6.09 Å². The highest BCUT2D eigenvalue weighted by molar-refractivity contribution is 5.79. The van der Waals surface area contributed by atoms with Crippen LogP contribution in [0, 0.1) is 17.8 Å². The summed E-state index contributed by atoms with van der Waals surface area (Å²) in [6, 6.07) is 17.0. The van der Waals surface area contributed by atoms with Crippen molar-refractivity contribution >= 4 is 6.09 Å². The molecule has 5 rings (SSSR count). The smallest absolute Gasteiger partial charge is 0.407 e. The maximum absolute atomic E-state index is 12.4. The Kier molecular flexibility index (Phi) is 4.16. The monoisotopic (exact) mass is 363 g/mol. The topological polar surface area (TPSA) is 58.6 Å². The number of aliphatic hydroxyl groups is 1. The van der Waals surface area contributed by atoms with Crippen molar-refractivity contribution in [2.45, 2.75) is 31.2 Å². The Hall–Kier alpha value is -2.33. The van der Waals surface area contributed by atoms with E-state index in [9.17, 15) is 9.90 Å². The molecule has 0 aromatic heterocycles. The zero-order chi connectivity index (χ0) is 18.4. The normalized spacial score (nSPS) is 28.0. The summed E-state index contributed by atoms with van der Waals surface area (Å²) >= 11 is 0. The molecule has 0 heterocycles.